The lowest BCUT2D eigenvalue weighted by Crippen LogP contribution is -2.31. The molecule has 0 aliphatic carbocycles. The number of carboxylic acid groups (broad SMARTS) is 1. The van der Waals surface area contributed by atoms with E-state index in [0.717, 1.165) is 24.5 Å². The topological polar surface area (TPSA) is 90.7 Å². The zero-order valence-electron chi connectivity index (χ0n) is 13.5. The van der Waals surface area contributed by atoms with E-state index in [1.807, 2.05) is 19.1 Å². The fraction of sp³-hybridized carbons (Fsp3) is 0.278. The standard InChI is InChI=1S/C18H20N2O4/c1-2-3-8-20(12-13-4-6-19-7-5-13)17(22)14-9-15(18(23)24)11-16(21)10-14/h4-7,9-11,21H,2-3,8,12H2,1H3,(H,23,24). The van der Waals surface area contributed by atoms with E-state index in [1.54, 1.807) is 17.3 Å². The number of hydrogen-bond donors (Lipinski definition) is 2. The molecule has 126 valence electrons. The Kier molecular flexibility index (Phi) is 5.89. The van der Waals surface area contributed by atoms with Crippen molar-refractivity contribution in [2.45, 2.75) is 26.3 Å². The molecule has 1 heterocycles. The van der Waals surface area contributed by atoms with Crippen LogP contribution in [-0.2, 0) is 6.54 Å². The number of unbranched alkanes of at least 4 members (excludes halogenated alkanes) is 1. The Labute approximate surface area is 140 Å². The van der Waals surface area contributed by atoms with Crippen molar-refractivity contribution in [3.8, 4) is 5.75 Å². The van der Waals surface area contributed by atoms with Gasteiger partial charge in [-0.3, -0.25) is 9.78 Å². The highest BCUT2D eigenvalue weighted by atomic mass is 16.4. The van der Waals surface area contributed by atoms with E-state index < -0.39 is 5.97 Å². The van der Waals surface area contributed by atoms with Gasteiger partial charge in [-0.25, -0.2) is 4.79 Å². The maximum Gasteiger partial charge on any atom is 0.335 e. The molecule has 0 saturated heterocycles. The second kappa shape index (κ2) is 8.10. The van der Waals surface area contributed by atoms with Crippen molar-refractivity contribution in [1.82, 2.24) is 9.88 Å². The third-order valence-electron chi connectivity index (χ3n) is 3.60. The number of carbonyl (C=O) groups excluding carboxylic acids is 1. The summed E-state index contributed by atoms with van der Waals surface area (Å²) in [4.78, 5) is 29.5. The van der Waals surface area contributed by atoms with E-state index >= 15 is 0 Å². The average molecular weight is 328 g/mol. The first kappa shape index (κ1) is 17.5. The van der Waals surface area contributed by atoms with E-state index in [-0.39, 0.29) is 22.8 Å². The minimum absolute atomic E-state index is 0.113. The molecule has 0 atom stereocenters. The summed E-state index contributed by atoms with van der Waals surface area (Å²) in [5, 5.41) is 18.8. The molecule has 1 aromatic carbocycles. The molecule has 0 aliphatic rings. The Balaban J connectivity index is 2.28. The maximum absolute atomic E-state index is 12.8. The maximum atomic E-state index is 12.8. The van der Waals surface area contributed by atoms with Crippen LogP contribution in [-0.4, -0.2) is 38.5 Å². The van der Waals surface area contributed by atoms with E-state index in [4.69, 9.17) is 5.11 Å². The van der Waals surface area contributed by atoms with Gasteiger partial charge in [-0.1, -0.05) is 13.3 Å². The van der Waals surface area contributed by atoms with E-state index in [1.165, 1.54) is 12.1 Å². The normalized spacial score (nSPS) is 10.4. The molecular formula is C18H20N2O4. The number of pyridine rings is 1. The Morgan fingerprint density at radius 2 is 1.79 bits per heavy atom. The lowest BCUT2D eigenvalue weighted by molar-refractivity contribution is 0.0696. The van der Waals surface area contributed by atoms with Crippen LogP contribution in [0.15, 0.2) is 42.7 Å². The Bertz CT molecular complexity index is 716. The second-order valence-electron chi connectivity index (χ2n) is 5.51. The summed E-state index contributed by atoms with van der Waals surface area (Å²) in [5.74, 6) is -1.73. The van der Waals surface area contributed by atoms with Gasteiger partial charge in [0.15, 0.2) is 0 Å². The molecule has 0 spiro atoms. The van der Waals surface area contributed by atoms with Gasteiger partial charge in [0.05, 0.1) is 5.56 Å². The quantitative estimate of drug-likeness (QED) is 0.815. The fourth-order valence-electron chi connectivity index (χ4n) is 2.35. The van der Waals surface area contributed by atoms with E-state index in [2.05, 4.69) is 4.98 Å². The van der Waals surface area contributed by atoms with Crippen LogP contribution in [0, 0.1) is 0 Å². The number of phenols is 1. The highest BCUT2D eigenvalue weighted by molar-refractivity contribution is 5.98. The number of carboxylic acids is 1. The van der Waals surface area contributed by atoms with Gasteiger partial charge >= 0.3 is 5.97 Å². The lowest BCUT2D eigenvalue weighted by Gasteiger charge is -2.23. The smallest absolute Gasteiger partial charge is 0.335 e. The summed E-state index contributed by atoms with van der Waals surface area (Å²) < 4.78 is 0. The molecule has 0 saturated carbocycles. The zero-order chi connectivity index (χ0) is 17.5. The highest BCUT2D eigenvalue weighted by Gasteiger charge is 2.18. The number of hydrogen-bond acceptors (Lipinski definition) is 4. The van der Waals surface area contributed by atoms with Crippen LogP contribution in [0.5, 0.6) is 5.75 Å². The third kappa shape index (κ3) is 4.55. The van der Waals surface area contributed by atoms with Crippen LogP contribution >= 0.6 is 0 Å². The van der Waals surface area contributed by atoms with Crippen molar-refractivity contribution < 1.29 is 19.8 Å². The van der Waals surface area contributed by atoms with Crippen molar-refractivity contribution in [3.63, 3.8) is 0 Å². The Morgan fingerprint density at radius 3 is 2.42 bits per heavy atom. The van der Waals surface area contributed by atoms with Gasteiger partial charge in [-0.15, -0.1) is 0 Å². The number of benzene rings is 1. The number of nitrogens with zero attached hydrogens (tertiary/aromatic N) is 2. The van der Waals surface area contributed by atoms with Gasteiger partial charge < -0.3 is 15.1 Å². The van der Waals surface area contributed by atoms with Crippen molar-refractivity contribution >= 4 is 11.9 Å². The predicted molar refractivity (Wildman–Crippen MR) is 89.0 cm³/mol. The predicted octanol–water partition coefficient (Wildman–Crippen LogP) is 2.93. The monoisotopic (exact) mass is 328 g/mol. The van der Waals surface area contributed by atoms with Gasteiger partial charge in [-0.05, 0) is 42.3 Å². The van der Waals surface area contributed by atoms with Crippen LogP contribution in [0.3, 0.4) is 0 Å². The largest absolute Gasteiger partial charge is 0.508 e. The van der Waals surface area contributed by atoms with Crippen molar-refractivity contribution in [1.29, 1.82) is 0 Å². The molecule has 0 fully saturated rings. The van der Waals surface area contributed by atoms with Crippen LogP contribution in [0.1, 0.15) is 46.0 Å². The summed E-state index contributed by atoms with van der Waals surface area (Å²) >= 11 is 0. The lowest BCUT2D eigenvalue weighted by atomic mass is 10.1. The summed E-state index contributed by atoms with van der Waals surface area (Å²) in [6.45, 7) is 2.99. The molecule has 6 nitrogen and oxygen atoms in total. The van der Waals surface area contributed by atoms with Crippen LogP contribution in [0.25, 0.3) is 0 Å². The number of aromatic carboxylic acids is 1. The molecule has 0 bridgehead atoms. The van der Waals surface area contributed by atoms with Gasteiger partial charge in [0.2, 0.25) is 0 Å². The Hall–Kier alpha value is -2.89. The summed E-state index contributed by atoms with van der Waals surface area (Å²) in [6.07, 6.45) is 5.09. The number of amides is 1. The summed E-state index contributed by atoms with van der Waals surface area (Å²) in [7, 11) is 0. The third-order valence-corrected chi connectivity index (χ3v) is 3.60. The van der Waals surface area contributed by atoms with Crippen LogP contribution in [0.2, 0.25) is 0 Å². The molecule has 6 heteroatoms. The van der Waals surface area contributed by atoms with Crippen molar-refractivity contribution in [2.24, 2.45) is 0 Å². The zero-order valence-corrected chi connectivity index (χ0v) is 13.5. The van der Waals surface area contributed by atoms with Gasteiger partial charge in [0.1, 0.15) is 5.75 Å². The van der Waals surface area contributed by atoms with Crippen LogP contribution < -0.4 is 0 Å². The van der Waals surface area contributed by atoms with Gasteiger partial charge in [0, 0.05) is 31.0 Å². The first-order valence-corrected chi connectivity index (χ1v) is 7.76. The number of rotatable bonds is 7. The molecular weight excluding hydrogens is 308 g/mol. The molecule has 0 aliphatic heterocycles. The molecule has 0 unspecified atom stereocenters. The molecule has 2 N–H and O–H groups in total. The number of carbonyl (C=O) groups is 2. The first-order valence-electron chi connectivity index (χ1n) is 7.76. The molecule has 1 amide bonds. The molecule has 0 radical (unpaired) electrons. The fourth-order valence-corrected chi connectivity index (χ4v) is 2.35. The highest BCUT2D eigenvalue weighted by Crippen LogP contribution is 2.19. The second-order valence-corrected chi connectivity index (χ2v) is 5.51. The minimum Gasteiger partial charge on any atom is -0.508 e. The van der Waals surface area contributed by atoms with Gasteiger partial charge in [-0.2, -0.15) is 0 Å². The molecule has 1 aromatic heterocycles. The van der Waals surface area contributed by atoms with E-state index in [0.29, 0.717) is 13.1 Å². The SMILES string of the molecule is CCCCN(Cc1ccncc1)C(=O)c1cc(O)cc(C(=O)O)c1. The molecule has 2 rings (SSSR count). The first-order chi connectivity index (χ1) is 11.5. The number of phenolic OH excluding ortho intramolecular Hbond substituents is 1. The molecule has 2 aromatic rings. The molecule has 24 heavy (non-hydrogen) atoms. The van der Waals surface area contributed by atoms with Gasteiger partial charge in [0.25, 0.3) is 5.91 Å². The van der Waals surface area contributed by atoms with Crippen LogP contribution in [0.4, 0.5) is 0 Å². The average Bonchev–Trinajstić information content (AvgIpc) is 2.58. The van der Waals surface area contributed by atoms with Crippen molar-refractivity contribution in [2.75, 3.05) is 6.54 Å². The van der Waals surface area contributed by atoms with E-state index in [9.17, 15) is 14.7 Å². The summed E-state index contributed by atoms with van der Waals surface area (Å²) in [6, 6.07) is 7.36. The number of aromatic nitrogens is 1. The summed E-state index contributed by atoms with van der Waals surface area (Å²) in [5.41, 5.74) is 0.989. The Morgan fingerprint density at radius 1 is 1.12 bits per heavy atom. The van der Waals surface area contributed by atoms with Crippen molar-refractivity contribution in [3.05, 3.63) is 59.4 Å². The minimum atomic E-state index is -1.19. The number of aromatic hydroxyl groups is 1.